The lowest BCUT2D eigenvalue weighted by atomic mass is 10.1. The zero-order valence-corrected chi connectivity index (χ0v) is 10.7. The fraction of sp³-hybridized carbons (Fsp3) is 0.615. The normalized spacial score (nSPS) is 19.4. The molecule has 1 N–H and O–H groups in total. The van der Waals surface area contributed by atoms with E-state index in [9.17, 15) is 5.11 Å². The molecule has 17 heavy (non-hydrogen) atoms. The molecule has 1 fully saturated rings. The summed E-state index contributed by atoms with van der Waals surface area (Å²) in [5.41, 5.74) is 1.72. The molecule has 1 aliphatic rings. The van der Waals surface area contributed by atoms with Gasteiger partial charge in [-0.15, -0.1) is 0 Å². The number of ether oxygens (including phenoxy) is 1. The number of hydrogen-bond donors (Lipinski definition) is 1. The Morgan fingerprint density at radius 2 is 2.24 bits per heavy atom. The van der Waals surface area contributed by atoms with Gasteiger partial charge in [0, 0.05) is 18.8 Å². The molecule has 0 saturated carbocycles. The molecule has 2 heterocycles. The molecule has 0 aliphatic carbocycles. The van der Waals surface area contributed by atoms with Crippen LogP contribution in [0.15, 0.2) is 12.1 Å². The number of aryl methyl sites for hydroxylation is 1. The average molecular weight is 236 g/mol. The van der Waals surface area contributed by atoms with E-state index in [0.29, 0.717) is 0 Å². The summed E-state index contributed by atoms with van der Waals surface area (Å²) in [5, 5.41) is 9.22. The fourth-order valence-electron chi connectivity index (χ4n) is 2.19. The smallest absolute Gasteiger partial charge is 0.129 e. The highest BCUT2D eigenvalue weighted by atomic mass is 16.5. The molecule has 4 nitrogen and oxygen atoms in total. The van der Waals surface area contributed by atoms with E-state index in [2.05, 4.69) is 23.7 Å². The average Bonchev–Trinajstić information content (AvgIpc) is 2.27. The summed E-state index contributed by atoms with van der Waals surface area (Å²) in [5.74, 6) is 0.936. The number of aromatic nitrogens is 1. The summed E-state index contributed by atoms with van der Waals surface area (Å²) in [6, 6.07) is 3.86. The van der Waals surface area contributed by atoms with E-state index in [4.69, 9.17) is 4.74 Å². The molecule has 0 aromatic carbocycles. The van der Waals surface area contributed by atoms with Crippen molar-refractivity contribution in [3.8, 4) is 0 Å². The van der Waals surface area contributed by atoms with Gasteiger partial charge in [0.25, 0.3) is 0 Å². The minimum atomic E-state index is -0.136. The second kappa shape index (κ2) is 4.63. The van der Waals surface area contributed by atoms with E-state index in [-0.39, 0.29) is 12.2 Å². The van der Waals surface area contributed by atoms with Gasteiger partial charge in [-0.25, -0.2) is 4.98 Å². The highest BCUT2D eigenvalue weighted by Gasteiger charge is 2.28. The molecule has 0 atom stereocenters. The van der Waals surface area contributed by atoms with Gasteiger partial charge in [-0.05, 0) is 38.5 Å². The number of pyridine rings is 1. The monoisotopic (exact) mass is 236 g/mol. The van der Waals surface area contributed by atoms with Crippen LogP contribution in [0.1, 0.15) is 25.1 Å². The first kappa shape index (κ1) is 12.3. The second-order valence-electron chi connectivity index (χ2n) is 5.16. The summed E-state index contributed by atoms with van der Waals surface area (Å²) in [4.78, 5) is 6.75. The molecule has 4 heteroatoms. The molecule has 2 rings (SSSR count). The van der Waals surface area contributed by atoms with E-state index in [1.165, 1.54) is 0 Å². The maximum Gasteiger partial charge on any atom is 0.129 e. The van der Waals surface area contributed by atoms with Crippen molar-refractivity contribution in [2.24, 2.45) is 0 Å². The topological polar surface area (TPSA) is 45.6 Å². The Labute approximate surface area is 102 Å². The second-order valence-corrected chi connectivity index (χ2v) is 5.16. The van der Waals surface area contributed by atoms with Gasteiger partial charge in [0.2, 0.25) is 0 Å². The standard InChI is InChI=1S/C13H20N2O2/c1-10-6-11(8-16)7-12(14-10)15-4-5-17-13(2,3)9-15/h6-7,16H,4-5,8-9H2,1-3H3. The van der Waals surface area contributed by atoms with Crippen molar-refractivity contribution in [3.05, 3.63) is 23.4 Å². The third kappa shape index (κ3) is 2.96. The first-order chi connectivity index (χ1) is 8.00. The van der Waals surface area contributed by atoms with Crippen molar-refractivity contribution in [3.63, 3.8) is 0 Å². The molecule has 0 radical (unpaired) electrons. The van der Waals surface area contributed by atoms with Crippen molar-refractivity contribution in [2.75, 3.05) is 24.6 Å². The van der Waals surface area contributed by atoms with Gasteiger partial charge in [-0.1, -0.05) is 0 Å². The van der Waals surface area contributed by atoms with Crippen molar-refractivity contribution in [1.82, 2.24) is 4.98 Å². The van der Waals surface area contributed by atoms with E-state index in [0.717, 1.165) is 36.8 Å². The Morgan fingerprint density at radius 3 is 2.88 bits per heavy atom. The molecular weight excluding hydrogens is 216 g/mol. The van der Waals surface area contributed by atoms with Crippen LogP contribution in [0.4, 0.5) is 5.82 Å². The van der Waals surface area contributed by atoms with Gasteiger partial charge in [0.15, 0.2) is 0 Å². The van der Waals surface area contributed by atoms with Crippen LogP contribution in [0.25, 0.3) is 0 Å². The molecule has 0 bridgehead atoms. The number of hydrogen-bond acceptors (Lipinski definition) is 4. The van der Waals surface area contributed by atoms with Crippen LogP contribution in [0.2, 0.25) is 0 Å². The SMILES string of the molecule is Cc1cc(CO)cc(N2CCOC(C)(C)C2)n1. The molecular formula is C13H20N2O2. The summed E-state index contributed by atoms with van der Waals surface area (Å²) in [6.45, 7) is 8.58. The molecule has 1 aromatic rings. The molecule has 1 aliphatic heterocycles. The van der Waals surface area contributed by atoms with Crippen LogP contribution in [0.5, 0.6) is 0 Å². The summed E-state index contributed by atoms with van der Waals surface area (Å²) in [7, 11) is 0. The van der Waals surface area contributed by atoms with Crippen LogP contribution in [-0.4, -0.2) is 35.4 Å². The van der Waals surface area contributed by atoms with E-state index in [1.807, 2.05) is 19.1 Å². The lowest BCUT2D eigenvalue weighted by Crippen LogP contribution is -2.48. The van der Waals surface area contributed by atoms with Crippen molar-refractivity contribution >= 4 is 5.82 Å². The van der Waals surface area contributed by atoms with Crippen LogP contribution >= 0.6 is 0 Å². The van der Waals surface area contributed by atoms with Gasteiger partial charge in [0.05, 0.1) is 18.8 Å². The number of anilines is 1. The zero-order valence-electron chi connectivity index (χ0n) is 10.7. The Bertz CT molecular complexity index is 404. The zero-order chi connectivity index (χ0) is 12.5. The number of nitrogens with zero attached hydrogens (tertiary/aromatic N) is 2. The van der Waals surface area contributed by atoms with Gasteiger partial charge < -0.3 is 14.7 Å². The van der Waals surface area contributed by atoms with E-state index >= 15 is 0 Å². The predicted molar refractivity (Wildman–Crippen MR) is 67.1 cm³/mol. The van der Waals surface area contributed by atoms with Crippen LogP contribution in [-0.2, 0) is 11.3 Å². The first-order valence-corrected chi connectivity index (χ1v) is 5.97. The third-order valence-corrected chi connectivity index (χ3v) is 2.93. The molecule has 94 valence electrons. The molecule has 0 unspecified atom stereocenters. The minimum absolute atomic E-state index is 0.0596. The molecule has 0 amide bonds. The van der Waals surface area contributed by atoms with Crippen molar-refractivity contribution in [2.45, 2.75) is 33.0 Å². The van der Waals surface area contributed by atoms with Crippen LogP contribution < -0.4 is 4.90 Å². The quantitative estimate of drug-likeness (QED) is 0.845. The first-order valence-electron chi connectivity index (χ1n) is 5.97. The Hall–Kier alpha value is -1.13. The number of rotatable bonds is 2. The van der Waals surface area contributed by atoms with Gasteiger partial charge in [-0.3, -0.25) is 0 Å². The highest BCUT2D eigenvalue weighted by Crippen LogP contribution is 2.22. The molecule has 1 aromatic heterocycles. The fourth-order valence-corrected chi connectivity index (χ4v) is 2.19. The maximum absolute atomic E-state index is 9.22. The Kier molecular flexibility index (Phi) is 3.35. The van der Waals surface area contributed by atoms with E-state index < -0.39 is 0 Å². The van der Waals surface area contributed by atoms with Crippen molar-refractivity contribution < 1.29 is 9.84 Å². The predicted octanol–water partition coefficient (Wildman–Crippen LogP) is 1.50. The third-order valence-electron chi connectivity index (χ3n) is 2.93. The minimum Gasteiger partial charge on any atom is -0.392 e. The van der Waals surface area contributed by atoms with Crippen LogP contribution in [0.3, 0.4) is 0 Å². The molecule has 1 saturated heterocycles. The number of morpholine rings is 1. The maximum atomic E-state index is 9.22. The number of aliphatic hydroxyl groups excluding tert-OH is 1. The van der Waals surface area contributed by atoms with Crippen molar-refractivity contribution in [1.29, 1.82) is 0 Å². The summed E-state index contributed by atoms with van der Waals surface area (Å²) < 4.78 is 5.69. The van der Waals surface area contributed by atoms with Gasteiger partial charge >= 0.3 is 0 Å². The van der Waals surface area contributed by atoms with E-state index in [1.54, 1.807) is 0 Å². The molecule has 0 spiro atoms. The largest absolute Gasteiger partial charge is 0.392 e. The lowest BCUT2D eigenvalue weighted by molar-refractivity contribution is -0.0279. The summed E-state index contributed by atoms with van der Waals surface area (Å²) in [6.07, 6.45) is 0. The number of aliphatic hydroxyl groups is 1. The Morgan fingerprint density at radius 1 is 1.47 bits per heavy atom. The van der Waals surface area contributed by atoms with Gasteiger partial charge in [-0.2, -0.15) is 0 Å². The summed E-state index contributed by atoms with van der Waals surface area (Å²) >= 11 is 0. The Balaban J connectivity index is 2.24. The van der Waals surface area contributed by atoms with Gasteiger partial charge in [0.1, 0.15) is 5.82 Å². The van der Waals surface area contributed by atoms with Crippen LogP contribution in [0, 0.1) is 6.92 Å². The highest BCUT2D eigenvalue weighted by molar-refractivity contribution is 5.43. The lowest BCUT2D eigenvalue weighted by Gasteiger charge is -2.39.